The van der Waals surface area contributed by atoms with E-state index >= 15 is 0 Å². The number of benzene rings is 2. The molecule has 0 fully saturated rings. The van der Waals surface area contributed by atoms with Crippen LogP contribution in [0, 0.1) is 0 Å². The van der Waals surface area contributed by atoms with Crippen molar-refractivity contribution in [2.75, 3.05) is 5.32 Å². The van der Waals surface area contributed by atoms with Gasteiger partial charge in [0.2, 0.25) is 0 Å². The highest BCUT2D eigenvalue weighted by Gasteiger charge is 2.09. The molecule has 4 heteroatoms. The summed E-state index contributed by atoms with van der Waals surface area (Å²) in [7, 11) is 0. The highest BCUT2D eigenvalue weighted by Crippen LogP contribution is 2.24. The standard InChI is InChI=1S/C20H23N3S/c1-3-16-11-8-12-17(4-2)20(16)21-14-19-23-22-18(24-19)13-15-9-6-5-7-10-15/h5-12,21H,3-4,13-14H2,1-2H3. The number of para-hydroxylation sites is 1. The van der Waals surface area contributed by atoms with Crippen LogP contribution in [0.4, 0.5) is 5.69 Å². The van der Waals surface area contributed by atoms with Crippen LogP contribution in [0.5, 0.6) is 0 Å². The van der Waals surface area contributed by atoms with E-state index in [4.69, 9.17) is 0 Å². The number of aryl methyl sites for hydroxylation is 2. The van der Waals surface area contributed by atoms with Crippen molar-refractivity contribution in [3.8, 4) is 0 Å². The summed E-state index contributed by atoms with van der Waals surface area (Å²) in [6, 6.07) is 17.0. The van der Waals surface area contributed by atoms with Crippen LogP contribution in [-0.4, -0.2) is 10.2 Å². The van der Waals surface area contributed by atoms with Gasteiger partial charge in [0.25, 0.3) is 0 Å². The van der Waals surface area contributed by atoms with Gasteiger partial charge in [0.15, 0.2) is 0 Å². The number of anilines is 1. The molecule has 0 spiro atoms. The molecule has 24 heavy (non-hydrogen) atoms. The largest absolute Gasteiger partial charge is 0.378 e. The Labute approximate surface area is 147 Å². The van der Waals surface area contributed by atoms with Crippen molar-refractivity contribution in [3.05, 3.63) is 75.2 Å². The van der Waals surface area contributed by atoms with Gasteiger partial charge in [-0.05, 0) is 29.5 Å². The van der Waals surface area contributed by atoms with E-state index in [1.165, 1.54) is 22.4 Å². The van der Waals surface area contributed by atoms with Gasteiger partial charge in [0, 0.05) is 12.1 Å². The Kier molecular flexibility index (Phi) is 5.59. The first-order valence-electron chi connectivity index (χ1n) is 8.50. The molecule has 0 amide bonds. The molecule has 0 saturated heterocycles. The number of hydrogen-bond acceptors (Lipinski definition) is 4. The lowest BCUT2D eigenvalue weighted by Gasteiger charge is -2.14. The average molecular weight is 337 g/mol. The van der Waals surface area contributed by atoms with Crippen molar-refractivity contribution < 1.29 is 0 Å². The second-order valence-electron chi connectivity index (χ2n) is 5.76. The highest BCUT2D eigenvalue weighted by atomic mass is 32.1. The maximum absolute atomic E-state index is 4.34. The molecule has 0 aliphatic heterocycles. The van der Waals surface area contributed by atoms with Crippen LogP contribution in [0.1, 0.15) is 40.6 Å². The first-order chi connectivity index (χ1) is 11.8. The van der Waals surface area contributed by atoms with Crippen molar-refractivity contribution in [3.63, 3.8) is 0 Å². The Hall–Kier alpha value is -2.20. The number of nitrogens with one attached hydrogen (secondary N) is 1. The van der Waals surface area contributed by atoms with Gasteiger partial charge < -0.3 is 5.32 Å². The Morgan fingerprint density at radius 3 is 2.17 bits per heavy atom. The number of aromatic nitrogens is 2. The van der Waals surface area contributed by atoms with E-state index in [0.29, 0.717) is 0 Å². The number of nitrogens with zero attached hydrogens (tertiary/aromatic N) is 2. The maximum atomic E-state index is 4.34. The van der Waals surface area contributed by atoms with E-state index in [-0.39, 0.29) is 0 Å². The zero-order valence-corrected chi connectivity index (χ0v) is 15.1. The van der Waals surface area contributed by atoms with Crippen LogP contribution in [0.15, 0.2) is 48.5 Å². The molecule has 3 rings (SSSR count). The predicted molar refractivity (Wildman–Crippen MR) is 102 cm³/mol. The maximum Gasteiger partial charge on any atom is 0.136 e. The van der Waals surface area contributed by atoms with Gasteiger partial charge in [-0.1, -0.05) is 73.7 Å². The van der Waals surface area contributed by atoms with Crippen LogP contribution >= 0.6 is 11.3 Å². The van der Waals surface area contributed by atoms with Crippen LogP contribution in [0.3, 0.4) is 0 Å². The van der Waals surface area contributed by atoms with Crippen molar-refractivity contribution in [2.24, 2.45) is 0 Å². The summed E-state index contributed by atoms with van der Waals surface area (Å²) in [5.74, 6) is 0. The smallest absolute Gasteiger partial charge is 0.136 e. The van der Waals surface area contributed by atoms with E-state index in [1.54, 1.807) is 11.3 Å². The summed E-state index contributed by atoms with van der Waals surface area (Å²) in [6.07, 6.45) is 2.92. The molecule has 3 nitrogen and oxygen atoms in total. The summed E-state index contributed by atoms with van der Waals surface area (Å²) in [5.41, 5.74) is 5.27. The second-order valence-corrected chi connectivity index (χ2v) is 6.91. The van der Waals surface area contributed by atoms with Crippen LogP contribution < -0.4 is 5.32 Å². The predicted octanol–water partition coefficient (Wildman–Crippen LogP) is 4.87. The summed E-state index contributed by atoms with van der Waals surface area (Å²) >= 11 is 1.69. The number of hydrogen-bond donors (Lipinski definition) is 1. The Balaban J connectivity index is 1.68. The Morgan fingerprint density at radius 2 is 1.50 bits per heavy atom. The fourth-order valence-electron chi connectivity index (χ4n) is 2.84. The molecule has 0 unspecified atom stereocenters. The molecule has 1 heterocycles. The van der Waals surface area contributed by atoms with Gasteiger partial charge in [-0.2, -0.15) is 0 Å². The van der Waals surface area contributed by atoms with Gasteiger partial charge in [0.05, 0.1) is 6.54 Å². The van der Waals surface area contributed by atoms with E-state index in [2.05, 4.69) is 71.8 Å². The molecule has 0 bridgehead atoms. The molecule has 1 N–H and O–H groups in total. The lowest BCUT2D eigenvalue weighted by molar-refractivity contribution is 0.945. The van der Waals surface area contributed by atoms with Gasteiger partial charge >= 0.3 is 0 Å². The van der Waals surface area contributed by atoms with Crippen LogP contribution in [0.2, 0.25) is 0 Å². The quantitative estimate of drug-likeness (QED) is 0.668. The average Bonchev–Trinajstić information content (AvgIpc) is 3.07. The van der Waals surface area contributed by atoms with Gasteiger partial charge in [-0.3, -0.25) is 0 Å². The minimum Gasteiger partial charge on any atom is -0.378 e. The fraction of sp³-hybridized carbons (Fsp3) is 0.300. The fourth-order valence-corrected chi connectivity index (χ4v) is 3.65. The van der Waals surface area contributed by atoms with Crippen molar-refractivity contribution in [2.45, 2.75) is 39.7 Å². The number of rotatable bonds is 7. The first-order valence-corrected chi connectivity index (χ1v) is 9.31. The Bertz CT molecular complexity index is 758. The zero-order valence-electron chi connectivity index (χ0n) is 14.2. The van der Waals surface area contributed by atoms with E-state index in [9.17, 15) is 0 Å². The third kappa shape index (κ3) is 4.01. The topological polar surface area (TPSA) is 37.8 Å². The zero-order chi connectivity index (χ0) is 16.8. The molecule has 3 aromatic rings. The summed E-state index contributed by atoms with van der Waals surface area (Å²) in [5, 5.41) is 14.4. The van der Waals surface area contributed by atoms with Crippen molar-refractivity contribution in [1.82, 2.24) is 10.2 Å². The lowest BCUT2D eigenvalue weighted by Crippen LogP contribution is -2.05. The summed E-state index contributed by atoms with van der Waals surface area (Å²) in [4.78, 5) is 0. The van der Waals surface area contributed by atoms with Gasteiger partial charge in [-0.15, -0.1) is 10.2 Å². The Morgan fingerprint density at radius 1 is 0.833 bits per heavy atom. The molecule has 0 saturated carbocycles. The lowest BCUT2D eigenvalue weighted by atomic mass is 10.0. The molecule has 0 aliphatic carbocycles. The molecule has 1 aromatic heterocycles. The molecule has 2 aromatic carbocycles. The van der Waals surface area contributed by atoms with Gasteiger partial charge in [-0.25, -0.2) is 0 Å². The minimum atomic E-state index is 0.733. The minimum absolute atomic E-state index is 0.733. The molecule has 0 radical (unpaired) electrons. The molecule has 0 atom stereocenters. The molecule has 124 valence electrons. The van der Waals surface area contributed by atoms with Crippen LogP contribution in [-0.2, 0) is 25.8 Å². The summed E-state index contributed by atoms with van der Waals surface area (Å²) < 4.78 is 0. The van der Waals surface area contributed by atoms with E-state index < -0.39 is 0 Å². The van der Waals surface area contributed by atoms with Gasteiger partial charge in [0.1, 0.15) is 10.0 Å². The summed E-state index contributed by atoms with van der Waals surface area (Å²) in [6.45, 7) is 5.13. The normalized spacial score (nSPS) is 10.8. The monoisotopic (exact) mass is 337 g/mol. The van der Waals surface area contributed by atoms with Crippen LogP contribution in [0.25, 0.3) is 0 Å². The van der Waals surface area contributed by atoms with Crippen molar-refractivity contribution >= 4 is 17.0 Å². The molecular weight excluding hydrogens is 314 g/mol. The van der Waals surface area contributed by atoms with E-state index in [0.717, 1.165) is 35.8 Å². The molecule has 0 aliphatic rings. The van der Waals surface area contributed by atoms with Crippen molar-refractivity contribution in [1.29, 1.82) is 0 Å². The molecular formula is C20H23N3S. The second kappa shape index (κ2) is 8.06. The first kappa shape index (κ1) is 16.7. The highest BCUT2D eigenvalue weighted by molar-refractivity contribution is 7.11. The van der Waals surface area contributed by atoms with E-state index in [1.807, 2.05) is 6.07 Å². The third-order valence-electron chi connectivity index (χ3n) is 4.12. The third-order valence-corrected chi connectivity index (χ3v) is 5.05. The SMILES string of the molecule is CCc1cccc(CC)c1NCc1nnc(Cc2ccccc2)s1.